The van der Waals surface area contributed by atoms with Crippen molar-refractivity contribution in [3.63, 3.8) is 0 Å². The SMILES string of the molecule is CN1CCc2cc([N+](=O)[O-])ccc2C1F. The van der Waals surface area contributed by atoms with Gasteiger partial charge in [-0.1, -0.05) is 0 Å². The first kappa shape index (κ1) is 10.0. The van der Waals surface area contributed by atoms with Crippen molar-refractivity contribution in [1.82, 2.24) is 4.90 Å². The van der Waals surface area contributed by atoms with E-state index in [1.165, 1.54) is 18.2 Å². The van der Waals surface area contributed by atoms with E-state index >= 15 is 0 Å². The predicted molar refractivity (Wildman–Crippen MR) is 53.3 cm³/mol. The summed E-state index contributed by atoms with van der Waals surface area (Å²) in [4.78, 5) is 11.7. The first-order valence-electron chi connectivity index (χ1n) is 4.71. The van der Waals surface area contributed by atoms with Gasteiger partial charge in [0.15, 0.2) is 6.30 Å². The molecule has 1 atom stereocenters. The summed E-state index contributed by atoms with van der Waals surface area (Å²) < 4.78 is 13.7. The molecule has 1 aliphatic heterocycles. The lowest BCUT2D eigenvalue weighted by molar-refractivity contribution is -0.385. The first-order chi connectivity index (χ1) is 7.09. The van der Waals surface area contributed by atoms with Gasteiger partial charge in [-0.3, -0.25) is 15.0 Å². The van der Waals surface area contributed by atoms with E-state index < -0.39 is 11.2 Å². The van der Waals surface area contributed by atoms with Crippen LogP contribution >= 0.6 is 0 Å². The van der Waals surface area contributed by atoms with Gasteiger partial charge in [0.25, 0.3) is 5.69 Å². The summed E-state index contributed by atoms with van der Waals surface area (Å²) in [6.45, 7) is 0.593. The summed E-state index contributed by atoms with van der Waals surface area (Å²) in [7, 11) is 1.70. The first-order valence-corrected chi connectivity index (χ1v) is 4.71. The standard InChI is InChI=1S/C10H11FN2O2/c1-12-5-4-7-6-8(13(14)15)2-3-9(7)10(12)11/h2-3,6,10H,4-5H2,1H3. The minimum atomic E-state index is -1.14. The van der Waals surface area contributed by atoms with Crippen molar-refractivity contribution < 1.29 is 9.31 Å². The summed E-state index contributed by atoms with van der Waals surface area (Å²) in [6, 6.07) is 4.33. The van der Waals surface area contributed by atoms with Gasteiger partial charge in [-0.05, 0) is 25.1 Å². The molecule has 1 aromatic rings. The zero-order chi connectivity index (χ0) is 11.0. The molecule has 0 aliphatic carbocycles. The number of hydrogen-bond donors (Lipinski definition) is 0. The lowest BCUT2D eigenvalue weighted by Gasteiger charge is -2.28. The zero-order valence-electron chi connectivity index (χ0n) is 8.31. The summed E-state index contributed by atoms with van der Waals surface area (Å²) in [5.41, 5.74) is 1.33. The fourth-order valence-electron chi connectivity index (χ4n) is 1.80. The Labute approximate surface area is 86.5 Å². The zero-order valence-corrected chi connectivity index (χ0v) is 8.31. The molecule has 0 radical (unpaired) electrons. The van der Waals surface area contributed by atoms with Crippen LogP contribution < -0.4 is 0 Å². The molecule has 5 heteroatoms. The molecule has 0 spiro atoms. The largest absolute Gasteiger partial charge is 0.273 e. The van der Waals surface area contributed by atoms with Crippen LogP contribution in [-0.4, -0.2) is 23.4 Å². The van der Waals surface area contributed by atoms with Crippen molar-refractivity contribution in [3.05, 3.63) is 39.4 Å². The number of hydrogen-bond acceptors (Lipinski definition) is 3. The molecule has 1 unspecified atom stereocenters. The minimum absolute atomic E-state index is 0.0329. The quantitative estimate of drug-likeness (QED) is 0.405. The highest BCUT2D eigenvalue weighted by atomic mass is 19.1. The second-order valence-electron chi connectivity index (χ2n) is 3.71. The van der Waals surface area contributed by atoms with Gasteiger partial charge in [-0.15, -0.1) is 0 Å². The third-order valence-corrected chi connectivity index (χ3v) is 2.71. The lowest BCUT2D eigenvalue weighted by atomic mass is 9.98. The van der Waals surface area contributed by atoms with Crippen molar-refractivity contribution in [2.24, 2.45) is 0 Å². The molecule has 1 heterocycles. The molecule has 0 N–H and O–H groups in total. The molecule has 1 aromatic carbocycles. The van der Waals surface area contributed by atoms with Crippen LogP contribution in [0, 0.1) is 10.1 Å². The van der Waals surface area contributed by atoms with E-state index in [2.05, 4.69) is 0 Å². The average Bonchev–Trinajstić information content (AvgIpc) is 2.23. The average molecular weight is 210 g/mol. The third kappa shape index (κ3) is 1.70. The molecule has 15 heavy (non-hydrogen) atoms. The van der Waals surface area contributed by atoms with Crippen molar-refractivity contribution in [3.8, 4) is 0 Å². The van der Waals surface area contributed by atoms with Gasteiger partial charge in [0.05, 0.1) is 4.92 Å². The summed E-state index contributed by atoms with van der Waals surface area (Å²) in [5.74, 6) is 0. The highest BCUT2D eigenvalue weighted by molar-refractivity contribution is 5.42. The molecular formula is C10H11FN2O2. The Morgan fingerprint density at radius 1 is 1.60 bits per heavy atom. The maximum atomic E-state index is 13.7. The topological polar surface area (TPSA) is 46.4 Å². The van der Waals surface area contributed by atoms with Gasteiger partial charge in [0.2, 0.25) is 0 Å². The van der Waals surface area contributed by atoms with E-state index in [-0.39, 0.29) is 5.69 Å². The van der Waals surface area contributed by atoms with Gasteiger partial charge >= 0.3 is 0 Å². The highest BCUT2D eigenvalue weighted by Crippen LogP contribution is 2.31. The molecule has 0 saturated carbocycles. The molecule has 80 valence electrons. The number of alkyl halides is 1. The number of nitro benzene ring substituents is 1. The van der Waals surface area contributed by atoms with Crippen LogP contribution in [0.15, 0.2) is 18.2 Å². The maximum absolute atomic E-state index is 13.7. The number of nitrogens with zero attached hydrogens (tertiary/aromatic N) is 2. The second kappa shape index (κ2) is 3.58. The predicted octanol–water partition coefficient (Wildman–Crippen LogP) is 2.05. The fraction of sp³-hybridized carbons (Fsp3) is 0.400. The molecule has 0 amide bonds. The fourth-order valence-corrected chi connectivity index (χ4v) is 1.80. The van der Waals surface area contributed by atoms with Gasteiger partial charge in [-0.25, -0.2) is 4.39 Å². The van der Waals surface area contributed by atoms with Gasteiger partial charge in [-0.2, -0.15) is 0 Å². The normalized spacial score (nSPS) is 21.1. The molecule has 2 rings (SSSR count). The van der Waals surface area contributed by atoms with Gasteiger partial charge in [0.1, 0.15) is 0 Å². The Kier molecular flexibility index (Phi) is 2.40. The van der Waals surface area contributed by atoms with E-state index in [9.17, 15) is 14.5 Å². The van der Waals surface area contributed by atoms with Crippen molar-refractivity contribution in [2.75, 3.05) is 13.6 Å². The van der Waals surface area contributed by atoms with Gasteiger partial charge in [0, 0.05) is 24.2 Å². The summed E-state index contributed by atoms with van der Waals surface area (Å²) in [5, 5.41) is 10.5. The van der Waals surface area contributed by atoms with E-state index in [0.717, 1.165) is 5.56 Å². The van der Waals surface area contributed by atoms with E-state index in [1.807, 2.05) is 0 Å². The van der Waals surface area contributed by atoms with Crippen LogP contribution in [0.2, 0.25) is 0 Å². The summed E-state index contributed by atoms with van der Waals surface area (Å²) in [6.07, 6.45) is -0.483. The van der Waals surface area contributed by atoms with E-state index in [0.29, 0.717) is 18.5 Å². The van der Waals surface area contributed by atoms with Crippen LogP contribution in [0.5, 0.6) is 0 Å². The molecule has 0 bridgehead atoms. The third-order valence-electron chi connectivity index (χ3n) is 2.71. The number of rotatable bonds is 1. The number of halogens is 1. The van der Waals surface area contributed by atoms with Crippen LogP contribution in [0.1, 0.15) is 17.4 Å². The number of nitro groups is 1. The number of likely N-dealkylation sites (N-methyl/N-ethyl adjacent to an activating group) is 1. The Morgan fingerprint density at radius 2 is 2.33 bits per heavy atom. The second-order valence-corrected chi connectivity index (χ2v) is 3.71. The van der Waals surface area contributed by atoms with Crippen LogP contribution in [0.4, 0.5) is 10.1 Å². The summed E-state index contributed by atoms with van der Waals surface area (Å²) >= 11 is 0. The van der Waals surface area contributed by atoms with Crippen LogP contribution in [0.3, 0.4) is 0 Å². The van der Waals surface area contributed by atoms with Crippen molar-refractivity contribution in [2.45, 2.75) is 12.7 Å². The van der Waals surface area contributed by atoms with Gasteiger partial charge < -0.3 is 0 Å². The van der Waals surface area contributed by atoms with Crippen molar-refractivity contribution in [1.29, 1.82) is 0 Å². The number of benzene rings is 1. The van der Waals surface area contributed by atoms with E-state index in [4.69, 9.17) is 0 Å². The minimum Gasteiger partial charge on any atom is -0.273 e. The van der Waals surface area contributed by atoms with E-state index in [1.54, 1.807) is 11.9 Å². The molecule has 0 aromatic heterocycles. The van der Waals surface area contributed by atoms with Crippen LogP contribution in [0.25, 0.3) is 0 Å². The Bertz CT molecular complexity index is 408. The Balaban J connectivity index is 2.42. The number of fused-ring (bicyclic) bond motifs is 1. The highest BCUT2D eigenvalue weighted by Gasteiger charge is 2.25. The number of non-ortho nitro benzene ring substituents is 1. The molecule has 0 fully saturated rings. The smallest absolute Gasteiger partial charge is 0.269 e. The van der Waals surface area contributed by atoms with Crippen molar-refractivity contribution >= 4 is 5.69 Å². The lowest BCUT2D eigenvalue weighted by Crippen LogP contribution is -2.29. The monoisotopic (exact) mass is 210 g/mol. The Hall–Kier alpha value is -1.49. The Morgan fingerprint density at radius 3 is 3.00 bits per heavy atom. The molecule has 0 saturated heterocycles. The maximum Gasteiger partial charge on any atom is 0.269 e. The molecular weight excluding hydrogens is 199 g/mol. The molecule has 1 aliphatic rings. The molecule has 4 nitrogen and oxygen atoms in total. The van der Waals surface area contributed by atoms with Crippen LogP contribution in [-0.2, 0) is 6.42 Å².